The number of hydrogen-bond donors (Lipinski definition) is 1. The van der Waals surface area contributed by atoms with Gasteiger partial charge in [-0.15, -0.1) is 0 Å². The van der Waals surface area contributed by atoms with E-state index in [4.69, 9.17) is 12.2 Å². The van der Waals surface area contributed by atoms with Gasteiger partial charge in [-0.25, -0.2) is 4.98 Å². The van der Waals surface area contributed by atoms with Gasteiger partial charge in [0.2, 0.25) is 0 Å². The number of H-pyrrole nitrogens is 1. The first-order valence-electron chi connectivity index (χ1n) is 6.33. The number of alkyl halides is 3. The van der Waals surface area contributed by atoms with Gasteiger partial charge in [-0.05, 0) is 43.0 Å². The zero-order valence-corrected chi connectivity index (χ0v) is 13.1. The quantitative estimate of drug-likeness (QED) is 0.706. The van der Waals surface area contributed by atoms with Crippen molar-refractivity contribution in [2.75, 3.05) is 0 Å². The highest BCUT2D eigenvalue weighted by Crippen LogP contribution is 2.41. The molecule has 0 unspecified atom stereocenters. The average Bonchev–Trinajstić information content (AvgIpc) is 3.21. The van der Waals surface area contributed by atoms with Crippen LogP contribution in [0.1, 0.15) is 30.0 Å². The van der Waals surface area contributed by atoms with Gasteiger partial charge < -0.3 is 4.98 Å². The molecule has 2 nitrogen and oxygen atoms in total. The molecule has 0 amide bonds. The van der Waals surface area contributed by atoms with Crippen LogP contribution in [0.15, 0.2) is 28.7 Å². The summed E-state index contributed by atoms with van der Waals surface area (Å²) >= 11 is 8.15. The molecule has 0 atom stereocenters. The van der Waals surface area contributed by atoms with Crippen molar-refractivity contribution in [3.05, 3.63) is 44.6 Å². The van der Waals surface area contributed by atoms with E-state index in [1.54, 1.807) is 12.1 Å². The van der Waals surface area contributed by atoms with Crippen molar-refractivity contribution in [1.29, 1.82) is 0 Å². The zero-order valence-electron chi connectivity index (χ0n) is 10.7. The van der Waals surface area contributed by atoms with E-state index in [1.807, 2.05) is 0 Å². The lowest BCUT2D eigenvalue weighted by Gasteiger charge is -2.13. The Morgan fingerprint density at radius 1 is 1.24 bits per heavy atom. The molecule has 0 radical (unpaired) electrons. The van der Waals surface area contributed by atoms with Gasteiger partial charge in [0, 0.05) is 15.7 Å². The Morgan fingerprint density at radius 2 is 1.95 bits per heavy atom. The molecular formula is C14H10BrF3N2S. The van der Waals surface area contributed by atoms with Crippen molar-refractivity contribution in [3.63, 3.8) is 0 Å². The molecule has 110 valence electrons. The second-order valence-corrected chi connectivity index (χ2v) is 6.32. The highest BCUT2D eigenvalue weighted by Gasteiger charge is 2.35. The van der Waals surface area contributed by atoms with Gasteiger partial charge in [-0.1, -0.05) is 28.1 Å². The average molecular weight is 375 g/mol. The van der Waals surface area contributed by atoms with Crippen molar-refractivity contribution in [1.82, 2.24) is 9.97 Å². The fraction of sp³-hybridized carbons (Fsp3) is 0.286. The standard InChI is InChI=1S/C14H10BrF3N2S/c15-8-3-4-9(10(5-8)14(16,17)18)13-19-11(7-1-2-7)6-12(21)20-13/h3-7H,1-2H2,(H,19,20,21). The van der Waals surface area contributed by atoms with Gasteiger partial charge in [-0.2, -0.15) is 13.2 Å². The third kappa shape index (κ3) is 3.18. The lowest BCUT2D eigenvalue weighted by molar-refractivity contribution is -0.137. The highest BCUT2D eigenvalue weighted by atomic mass is 79.9. The van der Waals surface area contributed by atoms with Crippen LogP contribution in [0.25, 0.3) is 11.4 Å². The van der Waals surface area contributed by atoms with Crippen LogP contribution in [0.2, 0.25) is 0 Å². The van der Waals surface area contributed by atoms with Crippen LogP contribution in [0.3, 0.4) is 0 Å². The van der Waals surface area contributed by atoms with Crippen LogP contribution in [-0.4, -0.2) is 9.97 Å². The largest absolute Gasteiger partial charge is 0.417 e. The molecule has 0 saturated heterocycles. The highest BCUT2D eigenvalue weighted by molar-refractivity contribution is 9.10. The van der Waals surface area contributed by atoms with Crippen LogP contribution in [-0.2, 0) is 6.18 Å². The molecule has 0 aliphatic heterocycles. The first-order valence-corrected chi connectivity index (χ1v) is 7.53. The fourth-order valence-electron chi connectivity index (χ4n) is 2.18. The Morgan fingerprint density at radius 3 is 2.57 bits per heavy atom. The smallest absolute Gasteiger partial charge is 0.343 e. The van der Waals surface area contributed by atoms with Crippen LogP contribution >= 0.6 is 28.1 Å². The lowest BCUT2D eigenvalue weighted by atomic mass is 10.1. The predicted molar refractivity (Wildman–Crippen MR) is 79.5 cm³/mol. The molecule has 0 spiro atoms. The first kappa shape index (κ1) is 14.7. The van der Waals surface area contributed by atoms with E-state index in [9.17, 15) is 13.2 Å². The van der Waals surface area contributed by atoms with E-state index in [2.05, 4.69) is 25.9 Å². The molecule has 2 aromatic rings. The monoisotopic (exact) mass is 374 g/mol. The molecule has 1 saturated carbocycles. The van der Waals surface area contributed by atoms with Crippen LogP contribution in [0, 0.1) is 4.64 Å². The summed E-state index contributed by atoms with van der Waals surface area (Å²) in [6.45, 7) is 0. The lowest BCUT2D eigenvalue weighted by Crippen LogP contribution is -2.09. The molecule has 3 rings (SSSR count). The maximum atomic E-state index is 13.2. The molecular weight excluding hydrogens is 365 g/mol. The molecule has 1 heterocycles. The molecule has 21 heavy (non-hydrogen) atoms. The zero-order chi connectivity index (χ0) is 15.2. The Hall–Kier alpha value is -1.21. The van der Waals surface area contributed by atoms with Gasteiger partial charge in [0.15, 0.2) is 0 Å². The summed E-state index contributed by atoms with van der Waals surface area (Å²) in [6, 6.07) is 5.74. The van der Waals surface area contributed by atoms with Crippen molar-refractivity contribution >= 4 is 28.1 Å². The third-order valence-corrected chi connectivity index (χ3v) is 4.03. The molecule has 1 aliphatic rings. The maximum absolute atomic E-state index is 13.2. The summed E-state index contributed by atoms with van der Waals surface area (Å²) in [5.74, 6) is 0.530. The molecule has 1 fully saturated rings. The van der Waals surface area contributed by atoms with Crippen molar-refractivity contribution in [3.8, 4) is 11.4 Å². The Labute approximate surface area is 132 Å². The molecule has 1 aliphatic carbocycles. The van der Waals surface area contributed by atoms with Crippen molar-refractivity contribution < 1.29 is 13.2 Å². The van der Waals surface area contributed by atoms with Gasteiger partial charge in [-0.3, -0.25) is 0 Å². The summed E-state index contributed by atoms with van der Waals surface area (Å²) in [4.78, 5) is 7.06. The third-order valence-electron chi connectivity index (χ3n) is 3.32. The topological polar surface area (TPSA) is 28.7 Å². The SMILES string of the molecule is FC(F)(F)c1cc(Br)ccc1-c1nc(=S)cc(C2CC2)[nH]1. The van der Waals surface area contributed by atoms with E-state index >= 15 is 0 Å². The maximum Gasteiger partial charge on any atom is 0.417 e. The van der Waals surface area contributed by atoms with Gasteiger partial charge in [0.1, 0.15) is 10.5 Å². The van der Waals surface area contributed by atoms with Gasteiger partial charge in [0.05, 0.1) is 5.56 Å². The van der Waals surface area contributed by atoms with Crippen LogP contribution in [0.5, 0.6) is 0 Å². The van der Waals surface area contributed by atoms with E-state index in [1.165, 1.54) is 6.07 Å². The predicted octanol–water partition coefficient (Wildman–Crippen LogP) is 5.46. The number of rotatable bonds is 2. The summed E-state index contributed by atoms with van der Waals surface area (Å²) < 4.78 is 40.3. The summed E-state index contributed by atoms with van der Waals surface area (Å²) in [6.07, 6.45) is -2.39. The Kier molecular flexibility index (Phi) is 3.65. The van der Waals surface area contributed by atoms with E-state index in [0.29, 0.717) is 15.0 Å². The Balaban J connectivity index is 2.18. The number of halogens is 4. The first-order chi connectivity index (χ1) is 9.84. The molecule has 1 N–H and O–H groups in total. The van der Waals surface area contributed by atoms with Gasteiger partial charge in [0.25, 0.3) is 0 Å². The number of benzene rings is 1. The minimum absolute atomic E-state index is 0.0132. The minimum Gasteiger partial charge on any atom is -0.343 e. The van der Waals surface area contributed by atoms with Crippen molar-refractivity contribution in [2.45, 2.75) is 24.9 Å². The van der Waals surface area contributed by atoms with E-state index in [-0.39, 0.29) is 11.4 Å². The molecule has 1 aromatic carbocycles. The molecule has 0 bridgehead atoms. The van der Waals surface area contributed by atoms with E-state index < -0.39 is 11.7 Å². The number of nitrogens with one attached hydrogen (secondary N) is 1. The fourth-order valence-corrected chi connectivity index (χ4v) is 2.75. The van der Waals surface area contributed by atoms with Crippen LogP contribution < -0.4 is 0 Å². The second-order valence-electron chi connectivity index (χ2n) is 4.99. The molecule has 7 heteroatoms. The summed E-state index contributed by atoms with van der Waals surface area (Å²) in [5.41, 5.74) is 0.142. The van der Waals surface area contributed by atoms with E-state index in [0.717, 1.165) is 24.6 Å². The minimum atomic E-state index is -4.45. The number of aromatic nitrogens is 2. The number of nitrogens with zero attached hydrogens (tertiary/aromatic N) is 1. The number of hydrogen-bond acceptors (Lipinski definition) is 2. The normalized spacial score (nSPS) is 15.2. The summed E-state index contributed by atoms with van der Waals surface area (Å²) in [5, 5.41) is 0. The number of aromatic amines is 1. The Bertz CT molecular complexity index is 751. The van der Waals surface area contributed by atoms with Crippen molar-refractivity contribution in [2.24, 2.45) is 0 Å². The van der Waals surface area contributed by atoms with Crippen LogP contribution in [0.4, 0.5) is 13.2 Å². The molecule has 1 aromatic heterocycles. The second kappa shape index (κ2) is 5.21. The summed E-state index contributed by atoms with van der Waals surface area (Å²) in [7, 11) is 0. The van der Waals surface area contributed by atoms with Gasteiger partial charge >= 0.3 is 6.18 Å².